The highest BCUT2D eigenvalue weighted by molar-refractivity contribution is 7.13. The number of carbonyl (C=O) groups is 1. The number of carbonyl (C=O) groups excluding carboxylic acids is 1. The minimum absolute atomic E-state index is 0.0449. The fraction of sp³-hybridized carbons (Fsp3) is 0.167. The normalized spacial score (nSPS) is 11.1. The fourth-order valence-electron chi connectivity index (χ4n) is 2.89. The van der Waals surface area contributed by atoms with Crippen molar-refractivity contribution in [3.63, 3.8) is 0 Å². The molecule has 0 saturated carbocycles. The van der Waals surface area contributed by atoms with E-state index >= 15 is 0 Å². The van der Waals surface area contributed by atoms with Gasteiger partial charge in [-0.05, 0) is 36.4 Å². The molecule has 138 valence electrons. The highest BCUT2D eigenvalue weighted by atomic mass is 32.1. The van der Waals surface area contributed by atoms with Crippen LogP contribution in [0.2, 0.25) is 0 Å². The number of aromatic amines is 3. The van der Waals surface area contributed by atoms with Crippen molar-refractivity contribution in [2.24, 2.45) is 0 Å². The van der Waals surface area contributed by atoms with E-state index in [-0.39, 0.29) is 17.2 Å². The van der Waals surface area contributed by atoms with Crippen LogP contribution in [0.15, 0.2) is 40.6 Å². The zero-order chi connectivity index (χ0) is 18.8. The zero-order valence-electron chi connectivity index (χ0n) is 14.2. The Balaban J connectivity index is 1.50. The second kappa shape index (κ2) is 7.12. The molecule has 0 saturated heterocycles. The third-order valence-corrected chi connectivity index (χ3v) is 5.13. The van der Waals surface area contributed by atoms with Crippen LogP contribution in [0.3, 0.4) is 0 Å². The summed E-state index contributed by atoms with van der Waals surface area (Å²) in [4.78, 5) is 32.5. The summed E-state index contributed by atoms with van der Waals surface area (Å²) in [5.41, 5.74) is 1.77. The predicted octanol–water partition coefficient (Wildman–Crippen LogP) is 2.38. The van der Waals surface area contributed by atoms with Crippen molar-refractivity contribution in [2.75, 3.05) is 6.54 Å². The van der Waals surface area contributed by atoms with Crippen LogP contribution in [0.5, 0.6) is 5.75 Å². The molecule has 1 amide bonds. The average molecular weight is 383 g/mol. The fourth-order valence-corrected chi connectivity index (χ4v) is 3.56. The Morgan fingerprint density at radius 2 is 2.19 bits per heavy atom. The van der Waals surface area contributed by atoms with E-state index in [1.807, 2.05) is 17.5 Å². The van der Waals surface area contributed by atoms with E-state index < -0.39 is 0 Å². The first-order valence-electron chi connectivity index (χ1n) is 8.42. The van der Waals surface area contributed by atoms with Crippen molar-refractivity contribution in [1.29, 1.82) is 0 Å². The van der Waals surface area contributed by atoms with Gasteiger partial charge >= 0.3 is 0 Å². The van der Waals surface area contributed by atoms with Gasteiger partial charge in [0.2, 0.25) is 0 Å². The maximum atomic E-state index is 12.6. The Hall–Kier alpha value is -3.33. The molecule has 0 atom stereocenters. The first-order chi connectivity index (χ1) is 13.1. The lowest BCUT2D eigenvalue weighted by molar-refractivity contribution is 0.0954. The Bertz CT molecular complexity index is 1140. The van der Waals surface area contributed by atoms with Gasteiger partial charge in [-0.15, -0.1) is 11.3 Å². The first kappa shape index (κ1) is 17.1. The molecular weight excluding hydrogens is 366 g/mol. The molecule has 0 radical (unpaired) electrons. The highest BCUT2D eigenvalue weighted by Crippen LogP contribution is 2.30. The van der Waals surface area contributed by atoms with Gasteiger partial charge in [-0.2, -0.15) is 0 Å². The zero-order valence-corrected chi connectivity index (χ0v) is 15.0. The highest BCUT2D eigenvalue weighted by Gasteiger charge is 2.17. The second-order valence-electron chi connectivity index (χ2n) is 6.05. The number of H-pyrrole nitrogens is 3. The maximum absolute atomic E-state index is 12.6. The van der Waals surface area contributed by atoms with Gasteiger partial charge in [0.1, 0.15) is 22.6 Å². The number of rotatable bonds is 6. The number of phenolic OH excluding ortho intramolecular Hbond substituents is 1. The molecule has 0 aliphatic carbocycles. The van der Waals surface area contributed by atoms with Gasteiger partial charge in [-0.1, -0.05) is 6.07 Å². The summed E-state index contributed by atoms with van der Waals surface area (Å²) in [6.07, 6.45) is 2.83. The molecule has 0 bridgehead atoms. The Morgan fingerprint density at radius 3 is 2.93 bits per heavy atom. The Kier molecular flexibility index (Phi) is 4.51. The number of aromatic hydroxyl groups is 1. The van der Waals surface area contributed by atoms with Crippen molar-refractivity contribution < 1.29 is 9.90 Å². The summed E-state index contributed by atoms with van der Waals surface area (Å²) < 4.78 is 0. The van der Waals surface area contributed by atoms with Gasteiger partial charge in [0.15, 0.2) is 0 Å². The summed E-state index contributed by atoms with van der Waals surface area (Å²) in [7, 11) is 0. The maximum Gasteiger partial charge on any atom is 0.267 e. The van der Waals surface area contributed by atoms with Crippen molar-refractivity contribution in [3.8, 4) is 16.5 Å². The van der Waals surface area contributed by atoms with Crippen LogP contribution in [0.1, 0.15) is 22.3 Å². The molecule has 0 unspecified atom stereocenters. The number of phenols is 1. The SMILES string of the molecule is O=C(NCCCc1c[nH][nH]c1=O)c1ccc(O)c2[nH]c(-c3cccs3)nc12. The van der Waals surface area contributed by atoms with Crippen LogP contribution in [-0.2, 0) is 6.42 Å². The Morgan fingerprint density at radius 1 is 1.30 bits per heavy atom. The van der Waals surface area contributed by atoms with Gasteiger partial charge in [-0.3, -0.25) is 14.7 Å². The third-order valence-electron chi connectivity index (χ3n) is 4.25. The van der Waals surface area contributed by atoms with E-state index in [9.17, 15) is 14.7 Å². The van der Waals surface area contributed by atoms with Gasteiger partial charge in [0.05, 0.1) is 10.4 Å². The number of hydrogen-bond donors (Lipinski definition) is 5. The minimum Gasteiger partial charge on any atom is -0.506 e. The predicted molar refractivity (Wildman–Crippen MR) is 103 cm³/mol. The molecule has 0 fully saturated rings. The topological polar surface area (TPSA) is 127 Å². The van der Waals surface area contributed by atoms with E-state index in [4.69, 9.17) is 0 Å². The lowest BCUT2D eigenvalue weighted by Crippen LogP contribution is -2.25. The molecule has 0 aliphatic rings. The summed E-state index contributed by atoms with van der Waals surface area (Å²) in [6, 6.07) is 6.87. The molecule has 1 aromatic carbocycles. The van der Waals surface area contributed by atoms with Crippen LogP contribution >= 0.6 is 11.3 Å². The molecule has 8 nitrogen and oxygen atoms in total. The summed E-state index contributed by atoms with van der Waals surface area (Å²) in [5.74, 6) is 0.387. The van der Waals surface area contributed by atoms with Crippen molar-refractivity contribution >= 4 is 28.3 Å². The summed E-state index contributed by atoms with van der Waals surface area (Å²) >= 11 is 1.52. The number of thiophene rings is 1. The largest absolute Gasteiger partial charge is 0.506 e. The van der Waals surface area contributed by atoms with Crippen LogP contribution in [0.25, 0.3) is 21.7 Å². The number of aromatic nitrogens is 4. The number of benzene rings is 1. The van der Waals surface area contributed by atoms with Gasteiger partial charge in [0.25, 0.3) is 11.5 Å². The minimum atomic E-state index is -0.271. The lowest BCUT2D eigenvalue weighted by Gasteiger charge is -2.06. The van der Waals surface area contributed by atoms with E-state index in [1.165, 1.54) is 17.4 Å². The molecule has 9 heteroatoms. The molecule has 27 heavy (non-hydrogen) atoms. The quantitative estimate of drug-likeness (QED) is 0.328. The van der Waals surface area contributed by atoms with E-state index in [0.29, 0.717) is 47.4 Å². The summed E-state index contributed by atoms with van der Waals surface area (Å²) in [5, 5.41) is 20.0. The number of nitrogens with zero attached hydrogens (tertiary/aromatic N) is 1. The second-order valence-corrected chi connectivity index (χ2v) is 6.99. The molecule has 5 N–H and O–H groups in total. The van der Waals surface area contributed by atoms with Crippen LogP contribution in [-0.4, -0.2) is 37.7 Å². The smallest absolute Gasteiger partial charge is 0.267 e. The van der Waals surface area contributed by atoms with Crippen LogP contribution in [0, 0.1) is 0 Å². The number of hydrogen-bond acceptors (Lipinski definition) is 5. The first-order valence-corrected chi connectivity index (χ1v) is 9.30. The number of amides is 1. The lowest BCUT2D eigenvalue weighted by atomic mass is 10.1. The molecule has 0 aliphatic heterocycles. The molecule has 4 aromatic rings. The monoisotopic (exact) mass is 383 g/mol. The molecule has 3 heterocycles. The van der Waals surface area contributed by atoms with Crippen molar-refractivity contribution in [1.82, 2.24) is 25.5 Å². The average Bonchev–Trinajstić information content (AvgIpc) is 3.39. The van der Waals surface area contributed by atoms with Gasteiger partial charge in [-0.25, -0.2) is 4.98 Å². The summed E-state index contributed by atoms with van der Waals surface area (Å²) in [6.45, 7) is 0.425. The molecule has 0 spiro atoms. The standard InChI is InChI=1S/C18H17N5O3S/c24-12-6-5-11(14-15(12)22-16(21-14)13-4-2-8-27-13)18(26)19-7-1-3-10-9-20-23-17(10)25/h2,4-6,8-9,24H,1,3,7H2,(H,19,26)(H,21,22)(H2,20,23,25). The van der Waals surface area contributed by atoms with Crippen molar-refractivity contribution in [3.05, 3.63) is 57.3 Å². The molecule has 3 aromatic heterocycles. The van der Waals surface area contributed by atoms with Gasteiger partial charge < -0.3 is 20.5 Å². The number of fused-ring (bicyclic) bond motifs is 1. The van der Waals surface area contributed by atoms with Crippen LogP contribution in [0.4, 0.5) is 0 Å². The number of imidazole rings is 1. The third kappa shape index (κ3) is 3.36. The van der Waals surface area contributed by atoms with E-state index in [0.717, 1.165) is 4.88 Å². The van der Waals surface area contributed by atoms with E-state index in [1.54, 1.807) is 12.3 Å². The molecule has 4 rings (SSSR count). The van der Waals surface area contributed by atoms with E-state index in [2.05, 4.69) is 25.5 Å². The molecular formula is C18H17N5O3S. The number of nitrogens with one attached hydrogen (secondary N) is 4. The van der Waals surface area contributed by atoms with Crippen LogP contribution < -0.4 is 10.9 Å². The van der Waals surface area contributed by atoms with Gasteiger partial charge in [0, 0.05) is 18.3 Å². The number of aryl methyl sites for hydroxylation is 1. The van der Waals surface area contributed by atoms with Crippen molar-refractivity contribution in [2.45, 2.75) is 12.8 Å². The Labute approximate surface area is 157 Å².